The van der Waals surface area contributed by atoms with Crippen LogP contribution in [0.15, 0.2) is 42.5 Å². The van der Waals surface area contributed by atoms with Gasteiger partial charge in [-0.05, 0) is 68.1 Å². The number of pyridine rings is 1. The summed E-state index contributed by atoms with van der Waals surface area (Å²) >= 11 is 0. The first-order valence-electron chi connectivity index (χ1n) is 15.8. The molecule has 2 aromatic carbocycles. The van der Waals surface area contributed by atoms with Gasteiger partial charge in [0.15, 0.2) is 5.75 Å². The number of nitrogens with zero attached hydrogens (tertiary/aromatic N) is 5. The van der Waals surface area contributed by atoms with Crippen LogP contribution in [0.3, 0.4) is 0 Å². The molecule has 244 valence electrons. The van der Waals surface area contributed by atoms with Crippen molar-refractivity contribution in [1.29, 1.82) is 5.26 Å². The number of carboxylic acid groups (broad SMARTS) is 1. The van der Waals surface area contributed by atoms with Gasteiger partial charge < -0.3 is 33.4 Å². The third-order valence-electron chi connectivity index (χ3n) is 9.83. The summed E-state index contributed by atoms with van der Waals surface area (Å²) in [6, 6.07) is 14.6. The molecular weight excluding hydrogens is 602 g/mol. The Bertz CT molecular complexity index is 1880. The molecule has 3 aliphatic rings. The molecule has 7 rings (SSSR count). The minimum Gasteiger partial charge on any atom is -0.496 e. The number of nitriles is 1. The fourth-order valence-corrected chi connectivity index (χ4v) is 6.99. The lowest BCUT2D eigenvalue weighted by Crippen LogP contribution is -2.37. The lowest BCUT2D eigenvalue weighted by Gasteiger charge is -2.32. The number of rotatable bonds is 12. The van der Waals surface area contributed by atoms with Gasteiger partial charge in [-0.25, -0.2) is 14.8 Å². The summed E-state index contributed by atoms with van der Waals surface area (Å²) in [5.41, 5.74) is 3.89. The van der Waals surface area contributed by atoms with Crippen LogP contribution in [0.25, 0.3) is 11.0 Å². The number of aromatic nitrogens is 3. The van der Waals surface area contributed by atoms with Crippen LogP contribution >= 0.6 is 0 Å². The van der Waals surface area contributed by atoms with Gasteiger partial charge in [0, 0.05) is 24.1 Å². The molecule has 0 spiro atoms. The van der Waals surface area contributed by atoms with Gasteiger partial charge in [-0.3, -0.25) is 4.90 Å². The van der Waals surface area contributed by atoms with Gasteiger partial charge in [-0.15, -0.1) is 0 Å². The predicted octanol–water partition coefficient (Wildman–Crippen LogP) is 4.56. The van der Waals surface area contributed by atoms with Crippen LogP contribution in [0.5, 0.6) is 23.1 Å². The lowest BCUT2D eigenvalue weighted by molar-refractivity contribution is -0.0592. The van der Waals surface area contributed by atoms with E-state index in [1.807, 2.05) is 18.2 Å². The molecular formula is C35H37N5O7. The first kappa shape index (κ1) is 30.8. The Morgan fingerprint density at radius 1 is 1.09 bits per heavy atom. The summed E-state index contributed by atoms with van der Waals surface area (Å²) in [5, 5.41) is 19.0. The number of piperidine rings is 1. The van der Waals surface area contributed by atoms with Crippen molar-refractivity contribution in [3.8, 4) is 29.2 Å². The summed E-state index contributed by atoms with van der Waals surface area (Å²) in [7, 11) is 4.72. The number of carbonyl (C=O) groups is 1. The molecule has 4 heterocycles. The van der Waals surface area contributed by atoms with Gasteiger partial charge in [0.2, 0.25) is 0 Å². The Hall–Kier alpha value is -4.86. The van der Waals surface area contributed by atoms with Crippen LogP contribution in [0, 0.1) is 17.2 Å². The monoisotopic (exact) mass is 639 g/mol. The van der Waals surface area contributed by atoms with Crippen molar-refractivity contribution in [3.63, 3.8) is 0 Å². The van der Waals surface area contributed by atoms with E-state index in [4.69, 9.17) is 33.7 Å². The maximum atomic E-state index is 11.9. The minimum absolute atomic E-state index is 0.0213. The molecule has 12 heteroatoms. The third kappa shape index (κ3) is 5.70. The van der Waals surface area contributed by atoms with Crippen molar-refractivity contribution in [3.05, 3.63) is 70.7 Å². The Morgan fingerprint density at radius 3 is 2.57 bits per heavy atom. The second-order valence-corrected chi connectivity index (χ2v) is 12.4. The van der Waals surface area contributed by atoms with Crippen LogP contribution in [0.4, 0.5) is 0 Å². The Morgan fingerprint density at radius 2 is 1.89 bits per heavy atom. The normalized spacial score (nSPS) is 21.7. The highest BCUT2D eigenvalue weighted by Gasteiger charge is 2.58. The SMILES string of the molecule is COc1cc(C#N)ccc1COc1nc(C23CCN(Cc4nc5c(OC)cc(C(=O)O)cc5n4CC4CCO4)CC2C3)ccc1OC. The fourth-order valence-electron chi connectivity index (χ4n) is 6.99. The van der Waals surface area contributed by atoms with E-state index in [9.17, 15) is 15.2 Å². The van der Waals surface area contributed by atoms with E-state index in [0.29, 0.717) is 53.2 Å². The highest BCUT2D eigenvalue weighted by Crippen LogP contribution is 2.59. The largest absolute Gasteiger partial charge is 0.496 e. The molecule has 3 unspecified atom stereocenters. The van der Waals surface area contributed by atoms with Crippen molar-refractivity contribution in [2.45, 2.75) is 50.5 Å². The van der Waals surface area contributed by atoms with Crippen molar-refractivity contribution < 1.29 is 33.6 Å². The van der Waals surface area contributed by atoms with Gasteiger partial charge in [0.25, 0.3) is 5.88 Å². The van der Waals surface area contributed by atoms with E-state index in [-0.39, 0.29) is 23.7 Å². The number of fused-ring (bicyclic) bond motifs is 2. The Kier molecular flexibility index (Phi) is 8.11. The molecule has 3 fully saturated rings. The molecule has 4 aromatic rings. The number of aromatic carboxylic acids is 1. The molecule has 3 atom stereocenters. The van der Waals surface area contributed by atoms with E-state index >= 15 is 0 Å². The molecule has 2 aromatic heterocycles. The zero-order chi connectivity index (χ0) is 32.7. The quantitative estimate of drug-likeness (QED) is 0.233. The number of carboxylic acids is 1. The maximum Gasteiger partial charge on any atom is 0.335 e. The van der Waals surface area contributed by atoms with Gasteiger partial charge in [0.05, 0.1) is 68.9 Å². The summed E-state index contributed by atoms with van der Waals surface area (Å²) < 4.78 is 30.7. The summed E-state index contributed by atoms with van der Waals surface area (Å²) in [4.78, 5) is 24.3. The van der Waals surface area contributed by atoms with Gasteiger partial charge in [0.1, 0.15) is 29.4 Å². The number of likely N-dealkylation sites (tertiary alicyclic amines) is 1. The number of methoxy groups -OCH3 is 3. The van der Waals surface area contributed by atoms with Crippen LogP contribution in [0.2, 0.25) is 0 Å². The summed E-state index contributed by atoms with van der Waals surface area (Å²) in [6.07, 6.45) is 3.02. The molecule has 47 heavy (non-hydrogen) atoms. The van der Waals surface area contributed by atoms with E-state index in [0.717, 1.165) is 61.6 Å². The zero-order valence-corrected chi connectivity index (χ0v) is 26.7. The van der Waals surface area contributed by atoms with Crippen molar-refractivity contribution in [2.24, 2.45) is 5.92 Å². The first-order chi connectivity index (χ1) is 22.8. The smallest absolute Gasteiger partial charge is 0.335 e. The van der Waals surface area contributed by atoms with Gasteiger partial charge >= 0.3 is 5.97 Å². The molecule has 0 bridgehead atoms. The summed E-state index contributed by atoms with van der Waals surface area (Å²) in [5.74, 6) is 2.34. The molecule has 1 aliphatic carbocycles. The zero-order valence-electron chi connectivity index (χ0n) is 26.7. The molecule has 2 aliphatic heterocycles. The topological polar surface area (TPSA) is 141 Å². The number of hydrogen-bond donors (Lipinski definition) is 1. The van der Waals surface area contributed by atoms with Crippen LogP contribution in [-0.4, -0.2) is 77.6 Å². The molecule has 0 amide bonds. The Labute approximate surface area is 272 Å². The first-order valence-corrected chi connectivity index (χ1v) is 15.8. The highest BCUT2D eigenvalue weighted by molar-refractivity contribution is 5.95. The average molecular weight is 640 g/mol. The molecule has 1 N–H and O–H groups in total. The molecule has 1 saturated carbocycles. The molecule has 2 saturated heterocycles. The fraction of sp³-hybridized carbons (Fsp3) is 0.429. The van der Waals surface area contributed by atoms with Gasteiger partial charge in [-0.2, -0.15) is 5.26 Å². The van der Waals surface area contributed by atoms with Crippen LogP contribution in [0.1, 0.15) is 52.3 Å². The van der Waals surface area contributed by atoms with Crippen molar-refractivity contribution >= 4 is 17.0 Å². The van der Waals surface area contributed by atoms with Crippen LogP contribution < -0.4 is 18.9 Å². The van der Waals surface area contributed by atoms with E-state index in [1.165, 1.54) is 6.07 Å². The predicted molar refractivity (Wildman–Crippen MR) is 170 cm³/mol. The Balaban J connectivity index is 1.09. The standard InChI is InChI=1S/C35H37N5O7/c1-43-27-6-7-30(37-33(27)47-20-22-5-4-21(16-36)12-28(22)44-2)35-9-10-39(17-24(35)15-35)19-31-38-32-26(40(31)18-25-8-11-46-25)13-23(34(41)42)14-29(32)45-3/h4-7,12-14,24-25H,8-11,15,17-20H2,1-3H3,(H,41,42). The number of imidazole rings is 1. The van der Waals surface area contributed by atoms with Crippen molar-refractivity contribution in [1.82, 2.24) is 19.4 Å². The number of benzene rings is 2. The summed E-state index contributed by atoms with van der Waals surface area (Å²) in [6.45, 7) is 3.97. The lowest BCUT2D eigenvalue weighted by atomic mass is 9.91. The second-order valence-electron chi connectivity index (χ2n) is 12.4. The number of ether oxygens (including phenoxy) is 5. The van der Waals surface area contributed by atoms with Crippen molar-refractivity contribution in [2.75, 3.05) is 41.0 Å². The van der Waals surface area contributed by atoms with E-state index < -0.39 is 5.97 Å². The maximum absolute atomic E-state index is 11.9. The average Bonchev–Trinajstić information content (AvgIpc) is 3.71. The number of hydrogen-bond acceptors (Lipinski definition) is 10. The minimum atomic E-state index is -1.00. The van der Waals surface area contributed by atoms with Crippen LogP contribution in [-0.2, 0) is 29.8 Å². The molecule has 0 radical (unpaired) electrons. The van der Waals surface area contributed by atoms with E-state index in [2.05, 4.69) is 15.5 Å². The second kappa shape index (κ2) is 12.4. The van der Waals surface area contributed by atoms with E-state index in [1.54, 1.807) is 39.5 Å². The third-order valence-corrected chi connectivity index (χ3v) is 9.83. The molecule has 12 nitrogen and oxygen atoms in total. The highest BCUT2D eigenvalue weighted by atomic mass is 16.5. The van der Waals surface area contributed by atoms with Gasteiger partial charge in [-0.1, -0.05) is 6.07 Å².